The van der Waals surface area contributed by atoms with Crippen LogP contribution in [-0.2, 0) is 14.9 Å². The van der Waals surface area contributed by atoms with Crippen molar-refractivity contribution in [3.63, 3.8) is 0 Å². The molecule has 0 aliphatic rings. The minimum Gasteiger partial charge on any atom is -0.387 e. The van der Waals surface area contributed by atoms with E-state index in [1.807, 2.05) is 0 Å². The van der Waals surface area contributed by atoms with Crippen LogP contribution in [0.15, 0.2) is 36.5 Å². The summed E-state index contributed by atoms with van der Waals surface area (Å²) >= 11 is 0. The molecule has 1 amide bonds. The van der Waals surface area contributed by atoms with Crippen molar-refractivity contribution < 1.29 is 22.9 Å². The summed E-state index contributed by atoms with van der Waals surface area (Å²) in [5.41, 5.74) is 0. The molecule has 3 N–H and O–H groups in total. The normalized spacial score (nSPS) is 14.1. The smallest absolute Gasteiger partial charge is 0.267 e. The second-order valence-electron chi connectivity index (χ2n) is 10.4. The summed E-state index contributed by atoms with van der Waals surface area (Å²) in [7, 11) is -4.34. The van der Waals surface area contributed by atoms with Gasteiger partial charge >= 0.3 is 0 Å². The van der Waals surface area contributed by atoms with Crippen LogP contribution in [0.1, 0.15) is 136 Å². The summed E-state index contributed by atoms with van der Waals surface area (Å²) in [6, 6.07) is -1.07. The molecule has 2 atom stereocenters. The van der Waals surface area contributed by atoms with Crippen LogP contribution >= 0.6 is 0 Å². The monoisotopic (exact) mass is 555 g/mol. The van der Waals surface area contributed by atoms with E-state index in [9.17, 15) is 22.9 Å². The van der Waals surface area contributed by atoms with Crippen LogP contribution in [0.3, 0.4) is 0 Å². The molecule has 6 nitrogen and oxygen atoms in total. The van der Waals surface area contributed by atoms with Crippen LogP contribution in [0.25, 0.3) is 0 Å². The Morgan fingerprint density at radius 1 is 0.684 bits per heavy atom. The van der Waals surface area contributed by atoms with Gasteiger partial charge in [-0.15, -0.1) is 0 Å². The Balaban J connectivity index is 4.19. The minimum absolute atomic E-state index is 0.277. The van der Waals surface area contributed by atoms with Crippen LogP contribution in [0.2, 0.25) is 0 Å². The van der Waals surface area contributed by atoms with E-state index in [4.69, 9.17) is 0 Å². The summed E-state index contributed by atoms with van der Waals surface area (Å²) in [5, 5.41) is 13.0. The molecule has 0 spiro atoms. The van der Waals surface area contributed by atoms with Gasteiger partial charge in [0.05, 0.1) is 17.9 Å². The first-order chi connectivity index (χ1) is 18.3. The van der Waals surface area contributed by atoms with Crippen molar-refractivity contribution in [1.82, 2.24) is 5.32 Å². The number of rotatable bonds is 26. The molecule has 0 saturated heterocycles. The maximum atomic E-state index is 12.3. The summed E-state index contributed by atoms with van der Waals surface area (Å²) in [5.74, 6) is -1.02. The van der Waals surface area contributed by atoms with Gasteiger partial charge in [0.25, 0.3) is 10.1 Å². The Labute approximate surface area is 234 Å². The molecule has 2 unspecified atom stereocenters. The van der Waals surface area contributed by atoms with Gasteiger partial charge in [-0.2, -0.15) is 8.42 Å². The zero-order valence-corrected chi connectivity index (χ0v) is 25.1. The molecule has 0 bridgehead atoms. The summed E-state index contributed by atoms with van der Waals surface area (Å²) in [6.45, 7) is 4.42. The molecule has 0 fully saturated rings. The number of unbranched alkanes of at least 4 members (excludes halogenated alkanes) is 14. The van der Waals surface area contributed by atoms with E-state index < -0.39 is 28.0 Å². The van der Waals surface area contributed by atoms with E-state index >= 15 is 0 Å². The van der Waals surface area contributed by atoms with Crippen molar-refractivity contribution in [2.75, 3.05) is 5.75 Å². The molecule has 7 heteroatoms. The van der Waals surface area contributed by atoms with Crippen molar-refractivity contribution in [1.29, 1.82) is 0 Å². The highest BCUT2D eigenvalue weighted by Gasteiger charge is 2.24. The van der Waals surface area contributed by atoms with E-state index in [0.29, 0.717) is 12.8 Å². The lowest BCUT2D eigenvalue weighted by Gasteiger charge is -2.21. The molecule has 38 heavy (non-hydrogen) atoms. The average molecular weight is 556 g/mol. The molecule has 0 aliphatic carbocycles. The summed E-state index contributed by atoms with van der Waals surface area (Å²) in [4.78, 5) is 12.3. The second-order valence-corrected chi connectivity index (χ2v) is 11.9. The van der Waals surface area contributed by atoms with Crippen LogP contribution in [-0.4, -0.2) is 41.9 Å². The lowest BCUT2D eigenvalue weighted by Crippen LogP contribution is -2.46. The number of amides is 1. The van der Waals surface area contributed by atoms with Gasteiger partial charge in [-0.05, 0) is 57.8 Å². The standard InChI is InChI=1S/C31H57NO5S/c1-3-5-7-9-11-13-15-17-19-21-23-25-27-31(34)32-29(28-38(35,36)37)30(33)26-24-22-20-18-16-14-12-10-8-6-4-2/h11,13,16,18,24,26,29-30,33H,3-10,12,14-15,17,19-23,25,27-28H2,1-2H3,(H,32,34)(H,35,36,37)/b13-11-,18-16+,26-24+. The average Bonchev–Trinajstić information content (AvgIpc) is 2.86. The number of aliphatic hydroxyl groups excluding tert-OH is 1. The van der Waals surface area contributed by atoms with E-state index in [-0.39, 0.29) is 12.3 Å². The highest BCUT2D eigenvalue weighted by Crippen LogP contribution is 2.10. The van der Waals surface area contributed by atoms with Crippen molar-refractivity contribution >= 4 is 16.0 Å². The van der Waals surface area contributed by atoms with Crippen LogP contribution in [0.5, 0.6) is 0 Å². The van der Waals surface area contributed by atoms with Crippen LogP contribution < -0.4 is 5.32 Å². The molecule has 0 radical (unpaired) electrons. The fraction of sp³-hybridized carbons (Fsp3) is 0.774. The van der Waals surface area contributed by atoms with E-state index in [2.05, 4.69) is 43.5 Å². The maximum Gasteiger partial charge on any atom is 0.267 e. The lowest BCUT2D eigenvalue weighted by atomic mass is 10.1. The quantitative estimate of drug-likeness (QED) is 0.0573. The number of nitrogens with one attached hydrogen (secondary N) is 1. The van der Waals surface area contributed by atoms with E-state index in [1.165, 1.54) is 63.9 Å². The summed E-state index contributed by atoms with van der Waals surface area (Å²) < 4.78 is 32.1. The second kappa shape index (κ2) is 25.8. The van der Waals surface area contributed by atoms with Gasteiger partial charge in [-0.25, -0.2) is 0 Å². The predicted octanol–water partition coefficient (Wildman–Crippen LogP) is 7.84. The maximum absolute atomic E-state index is 12.3. The Kier molecular flexibility index (Phi) is 24.8. The Bertz CT molecular complexity index is 745. The van der Waals surface area contributed by atoms with E-state index in [1.54, 1.807) is 6.08 Å². The Hall–Kier alpha value is -1.44. The first-order valence-electron chi connectivity index (χ1n) is 15.2. The molecule has 0 aromatic rings. The van der Waals surface area contributed by atoms with Crippen LogP contribution in [0.4, 0.5) is 0 Å². The molecular weight excluding hydrogens is 498 g/mol. The van der Waals surface area contributed by atoms with Gasteiger partial charge in [-0.3, -0.25) is 9.35 Å². The fourth-order valence-corrected chi connectivity index (χ4v) is 4.96. The third-order valence-electron chi connectivity index (χ3n) is 6.54. The van der Waals surface area contributed by atoms with Crippen molar-refractivity contribution in [2.24, 2.45) is 0 Å². The SMILES string of the molecule is CCCCC/C=C\CCCCCCCC(=O)NC(CS(=O)(=O)O)C(O)/C=C/CC/C=C/CCCCCCC. The Morgan fingerprint density at radius 2 is 1.13 bits per heavy atom. The zero-order chi connectivity index (χ0) is 28.3. The minimum atomic E-state index is -4.34. The Morgan fingerprint density at radius 3 is 1.71 bits per heavy atom. The molecule has 0 aromatic carbocycles. The number of carbonyl (C=O) groups excluding carboxylic acids is 1. The van der Waals surface area contributed by atoms with E-state index in [0.717, 1.165) is 44.9 Å². The molecule has 0 aliphatic heterocycles. The molecule has 0 rings (SSSR count). The number of aliphatic hydroxyl groups is 1. The molecule has 0 saturated carbocycles. The van der Waals surface area contributed by atoms with Crippen molar-refractivity contribution in [2.45, 2.75) is 148 Å². The lowest BCUT2D eigenvalue weighted by molar-refractivity contribution is -0.122. The van der Waals surface area contributed by atoms with Gasteiger partial charge in [0.15, 0.2) is 0 Å². The van der Waals surface area contributed by atoms with Gasteiger partial charge in [0.2, 0.25) is 5.91 Å². The predicted molar refractivity (Wildman–Crippen MR) is 161 cm³/mol. The van der Waals surface area contributed by atoms with Crippen molar-refractivity contribution in [3.05, 3.63) is 36.5 Å². The zero-order valence-electron chi connectivity index (χ0n) is 24.3. The van der Waals surface area contributed by atoms with Gasteiger partial charge in [0, 0.05) is 6.42 Å². The third kappa shape index (κ3) is 26.2. The molecule has 222 valence electrons. The molecular formula is C31H57NO5S. The topological polar surface area (TPSA) is 104 Å². The van der Waals surface area contributed by atoms with Gasteiger partial charge in [0.1, 0.15) is 0 Å². The number of allylic oxidation sites excluding steroid dienone is 5. The summed E-state index contributed by atoms with van der Waals surface area (Å²) in [6.07, 6.45) is 31.3. The highest BCUT2D eigenvalue weighted by atomic mass is 32.2. The van der Waals surface area contributed by atoms with Crippen molar-refractivity contribution in [3.8, 4) is 0 Å². The van der Waals surface area contributed by atoms with Gasteiger partial charge < -0.3 is 10.4 Å². The number of hydrogen-bond acceptors (Lipinski definition) is 4. The largest absolute Gasteiger partial charge is 0.387 e. The first-order valence-corrected chi connectivity index (χ1v) is 16.8. The molecule has 0 heterocycles. The highest BCUT2D eigenvalue weighted by molar-refractivity contribution is 7.85. The molecule has 0 aromatic heterocycles. The van der Waals surface area contributed by atoms with Crippen LogP contribution in [0, 0.1) is 0 Å². The fourth-order valence-electron chi connectivity index (χ4n) is 4.22. The third-order valence-corrected chi connectivity index (χ3v) is 7.32. The number of carbonyl (C=O) groups is 1. The van der Waals surface area contributed by atoms with Gasteiger partial charge in [-0.1, -0.05) is 108 Å². The first kappa shape index (κ1) is 36.6. The number of hydrogen-bond donors (Lipinski definition) is 3.